The second kappa shape index (κ2) is 3.45. The summed E-state index contributed by atoms with van der Waals surface area (Å²) in [6, 6.07) is 6.98. The van der Waals surface area contributed by atoms with E-state index in [-0.39, 0.29) is 6.10 Å². The number of hydrogen-bond donors (Lipinski definition) is 1. The quantitative estimate of drug-likeness (QED) is 0.589. The number of hydrogen-bond acceptors (Lipinski definition) is 3. The lowest BCUT2D eigenvalue weighted by Crippen LogP contribution is -1.97. The Morgan fingerprint density at radius 2 is 2.38 bits per heavy atom. The van der Waals surface area contributed by atoms with E-state index in [4.69, 9.17) is 9.29 Å². The zero-order valence-corrected chi connectivity index (χ0v) is 7.49. The molecule has 1 aromatic rings. The van der Waals surface area contributed by atoms with Gasteiger partial charge >= 0.3 is 11.4 Å². The third-order valence-corrected chi connectivity index (χ3v) is 2.07. The van der Waals surface area contributed by atoms with Crippen LogP contribution in [0.15, 0.2) is 24.3 Å². The van der Waals surface area contributed by atoms with Crippen LogP contribution in [-0.2, 0) is 16.1 Å². The molecule has 1 saturated heterocycles. The molecule has 0 bridgehead atoms. The molecule has 70 valence electrons. The summed E-state index contributed by atoms with van der Waals surface area (Å²) < 4.78 is 28.5. The highest BCUT2D eigenvalue weighted by molar-refractivity contribution is 7.74. The lowest BCUT2D eigenvalue weighted by molar-refractivity contribution is 0.414. The summed E-state index contributed by atoms with van der Waals surface area (Å²) in [7, 11) is 0. The minimum Gasteiger partial charge on any atom is -0.380 e. The topological polar surface area (TPSA) is 59.1 Å². The molecule has 13 heavy (non-hydrogen) atoms. The summed E-state index contributed by atoms with van der Waals surface area (Å²) in [5, 5.41) is 0. The normalized spacial score (nSPS) is 22.4. The predicted molar refractivity (Wildman–Crippen MR) is 46.5 cm³/mol. The van der Waals surface area contributed by atoms with Crippen LogP contribution >= 0.6 is 0 Å². The number of ether oxygens (including phenoxy) is 1. The van der Waals surface area contributed by atoms with Crippen molar-refractivity contribution in [3.05, 3.63) is 29.8 Å². The third-order valence-electron chi connectivity index (χ3n) is 1.73. The first-order valence-corrected chi connectivity index (χ1v) is 4.79. The van der Waals surface area contributed by atoms with Crippen molar-refractivity contribution in [3.8, 4) is 5.75 Å². The van der Waals surface area contributed by atoms with E-state index in [1.807, 2.05) is 6.07 Å². The molecule has 2 unspecified atom stereocenters. The van der Waals surface area contributed by atoms with Crippen molar-refractivity contribution in [1.82, 2.24) is 0 Å². The van der Waals surface area contributed by atoms with Gasteiger partial charge in [0, 0.05) is 0 Å². The number of epoxide rings is 1. The van der Waals surface area contributed by atoms with Crippen molar-refractivity contribution < 1.29 is 17.7 Å². The molecule has 1 aromatic carbocycles. The lowest BCUT2D eigenvalue weighted by Gasteiger charge is -2.00. The summed E-state index contributed by atoms with van der Waals surface area (Å²) >= 11 is -2.26. The zero-order chi connectivity index (χ0) is 9.26. The molecule has 1 aliphatic heterocycles. The Bertz CT molecular complexity index is 335. The Kier molecular flexibility index (Phi) is 2.30. The molecule has 5 heteroatoms. The minimum absolute atomic E-state index is 0.135. The van der Waals surface area contributed by atoms with E-state index in [1.54, 1.807) is 18.2 Å². The Morgan fingerprint density at radius 1 is 1.62 bits per heavy atom. The van der Waals surface area contributed by atoms with Gasteiger partial charge in [-0.3, -0.25) is 4.55 Å². The van der Waals surface area contributed by atoms with Gasteiger partial charge < -0.3 is 8.92 Å². The fraction of sp³-hybridized carbons (Fsp3) is 0.250. The monoisotopic (exact) mass is 200 g/mol. The molecule has 1 N–H and O–H groups in total. The van der Waals surface area contributed by atoms with Gasteiger partial charge in [-0.1, -0.05) is 12.1 Å². The molecule has 2 atom stereocenters. The lowest BCUT2D eigenvalue weighted by atomic mass is 10.1. The maximum atomic E-state index is 10.3. The summed E-state index contributed by atoms with van der Waals surface area (Å²) in [5.74, 6) is 0.383. The Balaban J connectivity index is 2.16. The largest absolute Gasteiger partial charge is 0.380 e. The van der Waals surface area contributed by atoms with Crippen LogP contribution in [0.2, 0.25) is 0 Å². The molecule has 0 amide bonds. The average Bonchev–Trinajstić information content (AvgIpc) is 2.85. The highest BCUT2D eigenvalue weighted by Crippen LogP contribution is 2.31. The van der Waals surface area contributed by atoms with Crippen molar-refractivity contribution >= 4 is 11.4 Å². The van der Waals surface area contributed by atoms with Crippen LogP contribution in [0.4, 0.5) is 0 Å². The zero-order valence-electron chi connectivity index (χ0n) is 6.67. The van der Waals surface area contributed by atoms with Crippen molar-refractivity contribution in [2.45, 2.75) is 6.10 Å². The van der Waals surface area contributed by atoms with Gasteiger partial charge in [0.1, 0.15) is 11.9 Å². The van der Waals surface area contributed by atoms with E-state index in [1.165, 1.54) is 0 Å². The summed E-state index contributed by atoms with van der Waals surface area (Å²) in [5.41, 5.74) is 0.975. The van der Waals surface area contributed by atoms with Crippen LogP contribution in [0.5, 0.6) is 5.75 Å². The van der Waals surface area contributed by atoms with Crippen molar-refractivity contribution in [1.29, 1.82) is 0 Å². The summed E-state index contributed by atoms with van der Waals surface area (Å²) in [6.07, 6.45) is 0.135. The van der Waals surface area contributed by atoms with Crippen molar-refractivity contribution in [2.24, 2.45) is 0 Å². The highest BCUT2D eigenvalue weighted by Gasteiger charge is 2.24. The average molecular weight is 200 g/mol. The van der Waals surface area contributed by atoms with E-state index in [9.17, 15) is 4.21 Å². The fourth-order valence-electron chi connectivity index (χ4n) is 1.09. The SMILES string of the molecule is O=S(O)Oc1cccc(C2CO2)c1. The van der Waals surface area contributed by atoms with Gasteiger partial charge in [-0.25, -0.2) is 0 Å². The van der Waals surface area contributed by atoms with Gasteiger partial charge in [0.2, 0.25) is 0 Å². The molecule has 0 saturated carbocycles. The second-order valence-corrected chi connectivity index (χ2v) is 3.30. The first kappa shape index (κ1) is 8.68. The van der Waals surface area contributed by atoms with Gasteiger partial charge in [0.15, 0.2) is 0 Å². The molecule has 1 heterocycles. The van der Waals surface area contributed by atoms with Crippen molar-refractivity contribution in [2.75, 3.05) is 6.61 Å². The molecule has 4 nitrogen and oxygen atoms in total. The molecule has 0 spiro atoms. The van der Waals surface area contributed by atoms with E-state index >= 15 is 0 Å². The van der Waals surface area contributed by atoms with Crippen LogP contribution in [0.25, 0.3) is 0 Å². The number of benzene rings is 1. The van der Waals surface area contributed by atoms with Gasteiger partial charge in [0.05, 0.1) is 6.61 Å². The fourth-order valence-corrected chi connectivity index (χ4v) is 1.36. The van der Waals surface area contributed by atoms with Crippen LogP contribution in [0, 0.1) is 0 Å². The smallest absolute Gasteiger partial charge is 0.357 e. The molecule has 2 rings (SSSR count). The standard InChI is InChI=1S/C8H8O4S/c9-13(10)12-7-3-1-2-6(4-7)8-5-11-8/h1-4,8H,5H2,(H,9,10). The Labute approximate surface area is 78.0 Å². The summed E-state index contributed by atoms with van der Waals surface area (Å²) in [4.78, 5) is 0. The Hall–Kier alpha value is -0.910. The van der Waals surface area contributed by atoms with Crippen molar-refractivity contribution in [3.63, 3.8) is 0 Å². The maximum Gasteiger partial charge on any atom is 0.357 e. The van der Waals surface area contributed by atoms with Gasteiger partial charge in [-0.2, -0.15) is 4.21 Å². The molecule has 1 fully saturated rings. The van der Waals surface area contributed by atoms with Crippen LogP contribution in [0.3, 0.4) is 0 Å². The van der Waals surface area contributed by atoms with Crippen LogP contribution in [-0.4, -0.2) is 15.4 Å². The predicted octanol–water partition coefficient (Wildman–Crippen LogP) is 1.27. The third kappa shape index (κ3) is 2.27. The molecule has 1 aliphatic rings. The van der Waals surface area contributed by atoms with E-state index < -0.39 is 11.4 Å². The van der Waals surface area contributed by atoms with Gasteiger partial charge in [-0.05, 0) is 17.7 Å². The van der Waals surface area contributed by atoms with Gasteiger partial charge in [-0.15, -0.1) is 0 Å². The Morgan fingerprint density at radius 3 is 3.00 bits per heavy atom. The molecular formula is C8H8O4S. The van der Waals surface area contributed by atoms with Crippen LogP contribution < -0.4 is 4.18 Å². The second-order valence-electron chi connectivity index (χ2n) is 2.69. The first-order chi connectivity index (χ1) is 6.25. The first-order valence-electron chi connectivity index (χ1n) is 3.76. The van der Waals surface area contributed by atoms with E-state index in [0.717, 1.165) is 5.56 Å². The molecular weight excluding hydrogens is 192 g/mol. The maximum absolute atomic E-state index is 10.3. The minimum atomic E-state index is -2.26. The van der Waals surface area contributed by atoms with Crippen LogP contribution in [0.1, 0.15) is 11.7 Å². The molecule has 0 aromatic heterocycles. The number of rotatable bonds is 3. The van der Waals surface area contributed by atoms with E-state index in [0.29, 0.717) is 12.4 Å². The summed E-state index contributed by atoms with van der Waals surface area (Å²) in [6.45, 7) is 0.714. The highest BCUT2D eigenvalue weighted by atomic mass is 32.2. The molecule has 0 aliphatic carbocycles. The molecule has 0 radical (unpaired) electrons. The van der Waals surface area contributed by atoms with E-state index in [2.05, 4.69) is 4.18 Å². The van der Waals surface area contributed by atoms with Gasteiger partial charge in [0.25, 0.3) is 0 Å².